The first-order chi connectivity index (χ1) is 6.36. The lowest BCUT2D eigenvalue weighted by Gasteiger charge is -2.18. The highest BCUT2D eigenvalue weighted by Crippen LogP contribution is 2.20. The molecular formula is C6H12N2O5S. The summed E-state index contributed by atoms with van der Waals surface area (Å²) in [4.78, 5) is 11.1. The van der Waals surface area contributed by atoms with Gasteiger partial charge in [0.25, 0.3) is 10.2 Å². The van der Waals surface area contributed by atoms with Gasteiger partial charge in [0.1, 0.15) is 6.04 Å². The Morgan fingerprint density at radius 3 is 2.64 bits per heavy atom. The molecule has 0 aromatic heterocycles. The maximum absolute atomic E-state index is 11.1. The van der Waals surface area contributed by atoms with Crippen LogP contribution in [0.5, 0.6) is 0 Å². The van der Waals surface area contributed by atoms with E-state index in [1.807, 2.05) is 0 Å². The standard InChI is InChI=1S/C6H12N2O5S/c1-13-6(10)5-2-4(9)3-8(5)14(7,11)12/h4-5,9H,2-3H2,1H3,(H2,7,11,12). The minimum absolute atomic E-state index is 0.0170. The molecule has 1 aliphatic rings. The average Bonchev–Trinajstić information content (AvgIpc) is 2.45. The predicted octanol–water partition coefficient (Wildman–Crippen LogP) is -2.20. The number of rotatable bonds is 2. The van der Waals surface area contributed by atoms with Gasteiger partial charge in [-0.15, -0.1) is 0 Å². The van der Waals surface area contributed by atoms with Crippen LogP contribution < -0.4 is 5.14 Å². The van der Waals surface area contributed by atoms with Gasteiger partial charge in [0.05, 0.1) is 13.2 Å². The van der Waals surface area contributed by atoms with Crippen molar-refractivity contribution < 1.29 is 23.1 Å². The van der Waals surface area contributed by atoms with E-state index in [2.05, 4.69) is 4.74 Å². The molecule has 1 heterocycles. The van der Waals surface area contributed by atoms with Crippen LogP contribution >= 0.6 is 0 Å². The van der Waals surface area contributed by atoms with Gasteiger partial charge >= 0.3 is 5.97 Å². The Hall–Kier alpha value is -0.700. The number of nitrogens with two attached hydrogens (primary N) is 1. The van der Waals surface area contributed by atoms with E-state index in [1.165, 1.54) is 0 Å². The molecule has 0 amide bonds. The van der Waals surface area contributed by atoms with Crippen molar-refractivity contribution in [3.05, 3.63) is 0 Å². The monoisotopic (exact) mass is 224 g/mol. The van der Waals surface area contributed by atoms with Gasteiger partial charge in [0.15, 0.2) is 0 Å². The Morgan fingerprint density at radius 2 is 2.21 bits per heavy atom. The van der Waals surface area contributed by atoms with Crippen molar-refractivity contribution in [1.29, 1.82) is 0 Å². The summed E-state index contributed by atoms with van der Waals surface area (Å²) in [6.07, 6.45) is -0.860. The topological polar surface area (TPSA) is 110 Å². The van der Waals surface area contributed by atoms with Gasteiger partial charge in [-0.05, 0) is 0 Å². The van der Waals surface area contributed by atoms with Crippen LogP contribution in [0, 0.1) is 0 Å². The van der Waals surface area contributed by atoms with Gasteiger partial charge in [-0.25, -0.2) is 5.14 Å². The fourth-order valence-electron chi connectivity index (χ4n) is 1.42. The highest BCUT2D eigenvalue weighted by Gasteiger charge is 2.42. The van der Waals surface area contributed by atoms with Gasteiger partial charge in [-0.2, -0.15) is 12.7 Å². The summed E-state index contributed by atoms with van der Waals surface area (Å²) < 4.78 is 27.1. The number of esters is 1. The Labute approximate surface area is 81.6 Å². The number of ether oxygens (including phenoxy) is 1. The summed E-state index contributed by atoms with van der Waals surface area (Å²) >= 11 is 0. The van der Waals surface area contributed by atoms with E-state index < -0.39 is 28.3 Å². The molecule has 1 saturated heterocycles. The van der Waals surface area contributed by atoms with Gasteiger partial charge in [-0.3, -0.25) is 4.79 Å². The molecular weight excluding hydrogens is 212 g/mol. The molecule has 0 aromatic rings. The third kappa shape index (κ3) is 2.21. The number of methoxy groups -OCH3 is 1. The molecule has 8 heteroatoms. The molecule has 7 nitrogen and oxygen atoms in total. The number of β-amino-alcohol motifs (C(OH)–C–C–N with tert-alkyl or cyclic N) is 1. The zero-order valence-electron chi connectivity index (χ0n) is 7.58. The molecule has 1 fully saturated rings. The van der Waals surface area contributed by atoms with Crippen LogP contribution in [0.3, 0.4) is 0 Å². The summed E-state index contributed by atoms with van der Waals surface area (Å²) in [5.74, 6) is -0.712. The third-order valence-electron chi connectivity index (χ3n) is 2.03. The highest BCUT2D eigenvalue weighted by molar-refractivity contribution is 7.86. The summed E-state index contributed by atoms with van der Waals surface area (Å²) in [7, 11) is -2.82. The largest absolute Gasteiger partial charge is 0.468 e. The van der Waals surface area contributed by atoms with E-state index in [0.717, 1.165) is 11.4 Å². The molecule has 0 aliphatic carbocycles. The molecule has 0 aromatic carbocycles. The maximum Gasteiger partial charge on any atom is 0.324 e. The molecule has 1 aliphatic heterocycles. The average molecular weight is 224 g/mol. The second-order valence-corrected chi connectivity index (χ2v) is 4.54. The molecule has 2 atom stereocenters. The SMILES string of the molecule is COC(=O)C1CC(O)CN1S(N)(=O)=O. The summed E-state index contributed by atoms with van der Waals surface area (Å²) in [5.41, 5.74) is 0. The quantitative estimate of drug-likeness (QED) is 0.517. The lowest BCUT2D eigenvalue weighted by molar-refractivity contribution is -0.144. The van der Waals surface area contributed by atoms with Crippen molar-refractivity contribution in [3.63, 3.8) is 0 Å². The number of hydrogen-bond donors (Lipinski definition) is 2. The molecule has 0 bridgehead atoms. The van der Waals surface area contributed by atoms with Crippen LogP contribution in [-0.2, 0) is 19.7 Å². The third-order valence-corrected chi connectivity index (χ3v) is 3.09. The molecule has 0 saturated carbocycles. The van der Waals surface area contributed by atoms with Crippen LogP contribution in [0.25, 0.3) is 0 Å². The van der Waals surface area contributed by atoms with Crippen molar-refractivity contribution in [2.24, 2.45) is 5.14 Å². The van der Waals surface area contributed by atoms with Gasteiger partial charge < -0.3 is 9.84 Å². The Morgan fingerprint density at radius 1 is 1.64 bits per heavy atom. The molecule has 0 radical (unpaired) electrons. The van der Waals surface area contributed by atoms with Gasteiger partial charge in [-0.1, -0.05) is 0 Å². The van der Waals surface area contributed by atoms with E-state index in [0.29, 0.717) is 0 Å². The molecule has 14 heavy (non-hydrogen) atoms. The molecule has 0 spiro atoms. The zero-order valence-corrected chi connectivity index (χ0v) is 8.40. The maximum atomic E-state index is 11.1. The number of hydrogen-bond acceptors (Lipinski definition) is 5. The van der Waals surface area contributed by atoms with E-state index in [1.54, 1.807) is 0 Å². The minimum atomic E-state index is -3.97. The molecule has 3 N–H and O–H groups in total. The molecule has 82 valence electrons. The van der Waals surface area contributed by atoms with Crippen molar-refractivity contribution in [2.75, 3.05) is 13.7 Å². The number of carbonyl (C=O) groups excluding carboxylic acids is 1. The first kappa shape index (κ1) is 11.4. The Kier molecular flexibility index (Phi) is 3.10. The van der Waals surface area contributed by atoms with E-state index in [4.69, 9.17) is 5.14 Å². The van der Waals surface area contributed by atoms with E-state index >= 15 is 0 Å². The van der Waals surface area contributed by atoms with Crippen LogP contribution in [-0.4, -0.2) is 49.6 Å². The van der Waals surface area contributed by atoms with Crippen LogP contribution in [0.2, 0.25) is 0 Å². The fraction of sp³-hybridized carbons (Fsp3) is 0.833. The Bertz CT molecular complexity index is 327. The number of nitrogens with zero attached hydrogens (tertiary/aromatic N) is 1. The highest BCUT2D eigenvalue weighted by atomic mass is 32.2. The molecule has 2 unspecified atom stereocenters. The Balaban J connectivity index is 2.89. The lowest BCUT2D eigenvalue weighted by atomic mass is 10.2. The normalized spacial score (nSPS) is 29.1. The van der Waals surface area contributed by atoms with E-state index in [-0.39, 0.29) is 13.0 Å². The zero-order chi connectivity index (χ0) is 10.9. The minimum Gasteiger partial charge on any atom is -0.468 e. The summed E-state index contributed by atoms with van der Waals surface area (Å²) in [6, 6.07) is -1.01. The van der Waals surface area contributed by atoms with Crippen molar-refractivity contribution >= 4 is 16.2 Å². The number of aliphatic hydroxyl groups excluding tert-OH is 1. The van der Waals surface area contributed by atoms with Gasteiger partial charge in [0, 0.05) is 13.0 Å². The fourth-order valence-corrected chi connectivity index (χ4v) is 2.32. The molecule has 1 rings (SSSR count). The predicted molar refractivity (Wildman–Crippen MR) is 46.2 cm³/mol. The summed E-state index contributed by atoms with van der Waals surface area (Å²) in [6.45, 7) is -0.168. The van der Waals surface area contributed by atoms with Crippen molar-refractivity contribution in [3.8, 4) is 0 Å². The number of carbonyl (C=O) groups is 1. The van der Waals surface area contributed by atoms with E-state index in [9.17, 15) is 18.3 Å². The van der Waals surface area contributed by atoms with Crippen LogP contribution in [0.4, 0.5) is 0 Å². The second kappa shape index (κ2) is 3.81. The van der Waals surface area contributed by atoms with Crippen molar-refractivity contribution in [2.45, 2.75) is 18.6 Å². The van der Waals surface area contributed by atoms with Crippen molar-refractivity contribution in [1.82, 2.24) is 4.31 Å². The van der Waals surface area contributed by atoms with Crippen LogP contribution in [0.15, 0.2) is 0 Å². The smallest absolute Gasteiger partial charge is 0.324 e. The summed E-state index contributed by atoms with van der Waals surface area (Å²) in [5, 5.41) is 14.1. The first-order valence-electron chi connectivity index (χ1n) is 3.91. The van der Waals surface area contributed by atoms with Crippen LogP contribution in [0.1, 0.15) is 6.42 Å². The van der Waals surface area contributed by atoms with Gasteiger partial charge in [0.2, 0.25) is 0 Å². The lowest BCUT2D eigenvalue weighted by Crippen LogP contribution is -2.44. The number of aliphatic hydroxyl groups is 1. The second-order valence-electron chi connectivity index (χ2n) is 3.04. The first-order valence-corrected chi connectivity index (χ1v) is 5.42.